The average molecular weight is 463 g/mol. The molecule has 2 aromatic rings. The second-order valence-corrected chi connectivity index (χ2v) is 11.1. The Kier molecular flexibility index (Phi) is 7.05. The van der Waals surface area contributed by atoms with E-state index in [2.05, 4.69) is 15.2 Å². The number of carbonyl (C=O) groups is 1. The number of aryl methyl sites for hydroxylation is 1. The minimum absolute atomic E-state index is 0.215. The highest BCUT2D eigenvalue weighted by molar-refractivity contribution is 7.89. The van der Waals surface area contributed by atoms with Crippen LogP contribution in [0.25, 0.3) is 0 Å². The van der Waals surface area contributed by atoms with E-state index in [0.29, 0.717) is 29.3 Å². The van der Waals surface area contributed by atoms with E-state index in [1.807, 2.05) is 5.38 Å². The largest absolute Gasteiger partial charge is 0.298 e. The van der Waals surface area contributed by atoms with Crippen LogP contribution >= 0.6 is 11.3 Å². The first-order valence-electron chi connectivity index (χ1n) is 11.0. The molecule has 1 aromatic carbocycles. The maximum atomic E-state index is 13.1. The molecule has 0 atom stereocenters. The van der Waals surface area contributed by atoms with Crippen molar-refractivity contribution in [1.82, 2.24) is 14.2 Å². The summed E-state index contributed by atoms with van der Waals surface area (Å²) in [7, 11) is -3.60. The van der Waals surface area contributed by atoms with E-state index in [-0.39, 0.29) is 10.8 Å². The summed E-state index contributed by atoms with van der Waals surface area (Å²) in [4.78, 5) is 20.0. The van der Waals surface area contributed by atoms with Gasteiger partial charge in [-0.1, -0.05) is 18.9 Å². The van der Waals surface area contributed by atoms with Gasteiger partial charge in [0, 0.05) is 30.6 Å². The summed E-state index contributed by atoms with van der Waals surface area (Å²) >= 11 is 1.40. The van der Waals surface area contributed by atoms with Gasteiger partial charge < -0.3 is 0 Å². The summed E-state index contributed by atoms with van der Waals surface area (Å²) in [6, 6.07) is 4.87. The van der Waals surface area contributed by atoms with Gasteiger partial charge in [-0.25, -0.2) is 13.4 Å². The van der Waals surface area contributed by atoms with E-state index >= 15 is 0 Å². The van der Waals surface area contributed by atoms with Crippen molar-refractivity contribution in [3.63, 3.8) is 0 Å². The molecule has 0 saturated carbocycles. The normalized spacial score (nSPS) is 18.7. The van der Waals surface area contributed by atoms with Crippen molar-refractivity contribution in [2.75, 3.05) is 31.5 Å². The highest BCUT2D eigenvalue weighted by atomic mass is 32.2. The lowest BCUT2D eigenvalue weighted by Crippen LogP contribution is -2.36. The number of thiazole rings is 1. The number of carbonyl (C=O) groups excluding carboxylic acids is 1. The zero-order valence-corrected chi connectivity index (χ0v) is 19.6. The van der Waals surface area contributed by atoms with Crippen molar-refractivity contribution in [2.24, 2.45) is 0 Å². The molecule has 0 unspecified atom stereocenters. The van der Waals surface area contributed by atoms with Crippen LogP contribution in [0.2, 0.25) is 0 Å². The van der Waals surface area contributed by atoms with Crippen molar-refractivity contribution in [1.29, 1.82) is 0 Å². The number of amides is 1. The lowest BCUT2D eigenvalue weighted by Gasteiger charge is -2.26. The second-order valence-electron chi connectivity index (χ2n) is 8.38. The molecule has 2 aliphatic heterocycles. The van der Waals surface area contributed by atoms with Gasteiger partial charge >= 0.3 is 0 Å². The van der Waals surface area contributed by atoms with Crippen LogP contribution in [-0.4, -0.2) is 54.7 Å². The van der Waals surface area contributed by atoms with Crippen molar-refractivity contribution in [2.45, 2.75) is 56.9 Å². The summed E-state index contributed by atoms with van der Waals surface area (Å²) in [5, 5.41) is 5.35. The molecule has 2 fully saturated rings. The quantitative estimate of drug-likeness (QED) is 0.705. The molecule has 2 saturated heterocycles. The molecule has 1 aromatic heterocycles. The van der Waals surface area contributed by atoms with Gasteiger partial charge in [-0.05, 0) is 63.4 Å². The zero-order valence-electron chi connectivity index (χ0n) is 18.0. The van der Waals surface area contributed by atoms with Gasteiger partial charge in [0.2, 0.25) is 10.0 Å². The minimum Gasteiger partial charge on any atom is -0.298 e. The zero-order chi connectivity index (χ0) is 21.8. The monoisotopic (exact) mass is 462 g/mol. The number of aromatic nitrogens is 1. The fraction of sp³-hybridized carbons (Fsp3) is 0.545. The third-order valence-electron chi connectivity index (χ3n) is 5.99. The molecule has 0 aliphatic carbocycles. The Morgan fingerprint density at radius 3 is 2.45 bits per heavy atom. The van der Waals surface area contributed by atoms with E-state index in [1.54, 1.807) is 19.1 Å². The van der Waals surface area contributed by atoms with Crippen LogP contribution in [0.4, 0.5) is 5.13 Å². The number of nitrogens with zero attached hydrogens (tertiary/aromatic N) is 3. The van der Waals surface area contributed by atoms with Crippen LogP contribution in [0.5, 0.6) is 0 Å². The van der Waals surface area contributed by atoms with E-state index < -0.39 is 10.0 Å². The van der Waals surface area contributed by atoms with Crippen molar-refractivity contribution in [3.05, 3.63) is 40.4 Å². The summed E-state index contributed by atoms with van der Waals surface area (Å²) in [6.07, 6.45) is 6.56. The van der Waals surface area contributed by atoms with Gasteiger partial charge in [0.25, 0.3) is 5.91 Å². The Labute approximate surface area is 188 Å². The molecule has 31 heavy (non-hydrogen) atoms. The average Bonchev–Trinajstić information content (AvgIpc) is 3.21. The van der Waals surface area contributed by atoms with Crippen LogP contribution in [-0.2, 0) is 16.6 Å². The summed E-state index contributed by atoms with van der Waals surface area (Å²) in [5.41, 5.74) is 1.94. The molecule has 0 bridgehead atoms. The summed E-state index contributed by atoms with van der Waals surface area (Å²) in [5.74, 6) is -0.339. The minimum atomic E-state index is -3.60. The van der Waals surface area contributed by atoms with Gasteiger partial charge in [-0.2, -0.15) is 4.31 Å². The van der Waals surface area contributed by atoms with Gasteiger partial charge in [0.15, 0.2) is 5.13 Å². The molecule has 9 heteroatoms. The van der Waals surface area contributed by atoms with Gasteiger partial charge in [-0.3, -0.25) is 15.0 Å². The van der Waals surface area contributed by atoms with Crippen LogP contribution in [0.15, 0.2) is 28.5 Å². The topological polar surface area (TPSA) is 82.6 Å². The van der Waals surface area contributed by atoms with Gasteiger partial charge in [0.05, 0.1) is 10.6 Å². The third-order valence-corrected chi connectivity index (χ3v) is 8.84. The van der Waals surface area contributed by atoms with E-state index in [4.69, 9.17) is 0 Å². The predicted octanol–water partition coefficient (Wildman–Crippen LogP) is 3.86. The number of hydrogen-bond acceptors (Lipinski definition) is 6. The van der Waals surface area contributed by atoms with E-state index in [0.717, 1.165) is 44.6 Å². The maximum absolute atomic E-state index is 13.1. The van der Waals surface area contributed by atoms with E-state index in [1.165, 1.54) is 41.0 Å². The molecule has 0 radical (unpaired) electrons. The lowest BCUT2D eigenvalue weighted by molar-refractivity contribution is 0.102. The first-order valence-corrected chi connectivity index (χ1v) is 13.3. The Bertz CT molecular complexity index is 1020. The van der Waals surface area contributed by atoms with Crippen molar-refractivity contribution in [3.8, 4) is 0 Å². The first kappa shape index (κ1) is 22.4. The number of sulfonamides is 1. The Morgan fingerprint density at radius 1 is 1.06 bits per heavy atom. The molecule has 7 nitrogen and oxygen atoms in total. The van der Waals surface area contributed by atoms with Crippen LogP contribution in [0, 0.1) is 6.92 Å². The first-order chi connectivity index (χ1) is 14.9. The number of piperidine rings is 2. The predicted molar refractivity (Wildman–Crippen MR) is 123 cm³/mol. The summed E-state index contributed by atoms with van der Waals surface area (Å²) < 4.78 is 27.8. The van der Waals surface area contributed by atoms with Crippen molar-refractivity contribution < 1.29 is 13.2 Å². The number of benzene rings is 1. The van der Waals surface area contributed by atoms with Crippen LogP contribution in [0.3, 0.4) is 0 Å². The molecule has 3 heterocycles. The molecule has 4 rings (SSSR count). The molecule has 1 N–H and O–H groups in total. The second kappa shape index (κ2) is 9.77. The number of rotatable bonds is 6. The molecular weight excluding hydrogens is 432 g/mol. The highest BCUT2D eigenvalue weighted by Crippen LogP contribution is 2.25. The fourth-order valence-electron chi connectivity index (χ4n) is 4.22. The standard InChI is InChI=1S/C22H30N4O3S2/c1-17-8-9-18(14-20(17)31(28,29)26-12-6-3-7-13-26)21(27)24-22-23-19(16-30-22)15-25-10-4-2-5-11-25/h8-9,14,16H,2-7,10-13,15H2,1H3,(H,23,24,27). The molecular formula is C22H30N4O3S2. The molecule has 1 amide bonds. The fourth-order valence-corrected chi connectivity index (χ4v) is 6.68. The smallest absolute Gasteiger partial charge is 0.257 e. The van der Waals surface area contributed by atoms with Crippen LogP contribution in [0.1, 0.15) is 60.1 Å². The number of hydrogen-bond donors (Lipinski definition) is 1. The SMILES string of the molecule is Cc1ccc(C(=O)Nc2nc(CN3CCCCC3)cs2)cc1S(=O)(=O)N1CCCCC1. The lowest BCUT2D eigenvalue weighted by atomic mass is 10.1. The van der Waals surface area contributed by atoms with Crippen molar-refractivity contribution >= 4 is 32.4 Å². The molecule has 0 spiro atoms. The number of nitrogens with one attached hydrogen (secondary N) is 1. The highest BCUT2D eigenvalue weighted by Gasteiger charge is 2.28. The number of anilines is 1. The van der Waals surface area contributed by atoms with Gasteiger partial charge in [0.1, 0.15) is 0 Å². The Hall–Kier alpha value is -1.81. The third kappa shape index (κ3) is 5.34. The Balaban J connectivity index is 1.46. The van der Waals surface area contributed by atoms with Crippen LogP contribution < -0.4 is 5.32 Å². The number of likely N-dealkylation sites (tertiary alicyclic amines) is 1. The maximum Gasteiger partial charge on any atom is 0.257 e. The molecule has 2 aliphatic rings. The molecule has 168 valence electrons. The van der Waals surface area contributed by atoms with E-state index in [9.17, 15) is 13.2 Å². The summed E-state index contributed by atoms with van der Waals surface area (Å²) in [6.45, 7) is 5.84. The van der Waals surface area contributed by atoms with Gasteiger partial charge in [-0.15, -0.1) is 11.3 Å². The Morgan fingerprint density at radius 2 is 1.74 bits per heavy atom.